The molecule has 122 valence electrons. The van der Waals surface area contributed by atoms with Crippen LogP contribution in [0.2, 0.25) is 0 Å². The number of fused-ring (bicyclic) bond motifs is 1. The number of ether oxygens (including phenoxy) is 1. The van der Waals surface area contributed by atoms with Gasteiger partial charge in [-0.15, -0.1) is 0 Å². The van der Waals surface area contributed by atoms with Crippen LogP contribution in [0.5, 0.6) is 5.75 Å². The molecule has 0 heterocycles. The van der Waals surface area contributed by atoms with E-state index in [1.807, 2.05) is 42.5 Å². The number of benzene rings is 3. The van der Waals surface area contributed by atoms with Gasteiger partial charge in [0.05, 0.1) is 0 Å². The minimum Gasteiger partial charge on any atom is -0.435 e. The predicted molar refractivity (Wildman–Crippen MR) is 96.9 cm³/mol. The van der Waals surface area contributed by atoms with Crippen LogP contribution in [0.1, 0.15) is 0 Å². The van der Waals surface area contributed by atoms with Crippen molar-refractivity contribution in [2.75, 3.05) is 10.6 Å². The number of anilines is 2. The number of alkyl halides is 2. The van der Waals surface area contributed by atoms with E-state index in [9.17, 15) is 8.78 Å². The zero-order valence-corrected chi connectivity index (χ0v) is 13.3. The molecule has 0 spiro atoms. The van der Waals surface area contributed by atoms with E-state index in [1.165, 1.54) is 12.1 Å². The number of rotatable bonds is 4. The van der Waals surface area contributed by atoms with Crippen molar-refractivity contribution in [3.8, 4) is 5.75 Å². The maximum absolute atomic E-state index is 12.1. The fourth-order valence-corrected chi connectivity index (χ4v) is 2.52. The molecule has 3 aromatic carbocycles. The Labute approximate surface area is 143 Å². The van der Waals surface area contributed by atoms with Gasteiger partial charge in [0, 0.05) is 11.4 Å². The maximum Gasteiger partial charge on any atom is 0.387 e. The van der Waals surface area contributed by atoms with Crippen molar-refractivity contribution < 1.29 is 13.5 Å². The molecule has 0 atom stereocenters. The summed E-state index contributed by atoms with van der Waals surface area (Å²) >= 11 is 5.27. The zero-order valence-electron chi connectivity index (χ0n) is 12.5. The summed E-state index contributed by atoms with van der Waals surface area (Å²) in [5.74, 6) is 0.101. The van der Waals surface area contributed by atoms with Gasteiger partial charge >= 0.3 is 6.61 Å². The lowest BCUT2D eigenvalue weighted by Gasteiger charge is -2.12. The highest BCUT2D eigenvalue weighted by Crippen LogP contribution is 2.20. The largest absolute Gasteiger partial charge is 0.435 e. The summed E-state index contributed by atoms with van der Waals surface area (Å²) in [4.78, 5) is 0. The molecule has 24 heavy (non-hydrogen) atoms. The van der Waals surface area contributed by atoms with Crippen LogP contribution < -0.4 is 15.4 Å². The lowest BCUT2D eigenvalue weighted by molar-refractivity contribution is -0.0498. The van der Waals surface area contributed by atoms with E-state index in [0.717, 1.165) is 16.5 Å². The van der Waals surface area contributed by atoms with Crippen LogP contribution in [0.4, 0.5) is 20.2 Å². The second kappa shape index (κ2) is 7.23. The molecule has 0 aliphatic carbocycles. The van der Waals surface area contributed by atoms with Crippen LogP contribution in [0.15, 0.2) is 66.7 Å². The number of hydrogen-bond donors (Lipinski definition) is 2. The highest BCUT2D eigenvalue weighted by molar-refractivity contribution is 7.80. The van der Waals surface area contributed by atoms with Crippen molar-refractivity contribution in [2.45, 2.75) is 6.61 Å². The van der Waals surface area contributed by atoms with Crippen LogP contribution in [0, 0.1) is 0 Å². The second-order valence-corrected chi connectivity index (χ2v) is 5.45. The van der Waals surface area contributed by atoms with Gasteiger partial charge in [0.15, 0.2) is 5.11 Å². The van der Waals surface area contributed by atoms with Gasteiger partial charge in [-0.25, -0.2) is 0 Å². The summed E-state index contributed by atoms with van der Waals surface area (Å²) in [5, 5.41) is 8.76. The Balaban J connectivity index is 1.64. The Morgan fingerprint density at radius 2 is 1.46 bits per heavy atom. The summed E-state index contributed by atoms with van der Waals surface area (Å²) in [7, 11) is 0. The van der Waals surface area contributed by atoms with Gasteiger partial charge in [0.1, 0.15) is 5.75 Å². The third-order valence-electron chi connectivity index (χ3n) is 3.34. The molecule has 0 aliphatic rings. The summed E-state index contributed by atoms with van der Waals surface area (Å²) in [5.41, 5.74) is 1.54. The number of hydrogen-bond acceptors (Lipinski definition) is 2. The first-order valence-electron chi connectivity index (χ1n) is 7.22. The SMILES string of the molecule is FC(F)Oc1ccc(NC(=S)Nc2ccc3ccccc3c2)cc1. The average molecular weight is 344 g/mol. The molecule has 3 nitrogen and oxygen atoms in total. The van der Waals surface area contributed by atoms with Crippen LogP contribution in [0.3, 0.4) is 0 Å². The van der Waals surface area contributed by atoms with Gasteiger partial charge in [-0.2, -0.15) is 8.78 Å². The van der Waals surface area contributed by atoms with Crippen molar-refractivity contribution in [1.82, 2.24) is 0 Å². The van der Waals surface area contributed by atoms with Gasteiger partial charge in [-0.3, -0.25) is 0 Å². The minimum absolute atomic E-state index is 0.101. The van der Waals surface area contributed by atoms with E-state index in [0.29, 0.717) is 10.8 Å². The molecule has 0 unspecified atom stereocenters. The molecule has 0 aliphatic heterocycles. The Morgan fingerprint density at radius 1 is 0.833 bits per heavy atom. The molecule has 3 rings (SSSR count). The van der Waals surface area contributed by atoms with E-state index in [2.05, 4.69) is 15.4 Å². The lowest BCUT2D eigenvalue weighted by atomic mass is 10.1. The Hall–Kier alpha value is -2.73. The molecule has 0 saturated heterocycles. The van der Waals surface area contributed by atoms with Gasteiger partial charge in [-0.1, -0.05) is 30.3 Å². The quantitative estimate of drug-likeness (QED) is 0.633. The van der Waals surface area contributed by atoms with E-state index in [1.54, 1.807) is 12.1 Å². The van der Waals surface area contributed by atoms with E-state index in [-0.39, 0.29) is 5.75 Å². The monoisotopic (exact) mass is 344 g/mol. The summed E-state index contributed by atoms with van der Waals surface area (Å²) in [6.45, 7) is -2.83. The molecule has 2 N–H and O–H groups in total. The minimum atomic E-state index is -2.83. The van der Waals surface area contributed by atoms with Crippen molar-refractivity contribution in [3.05, 3.63) is 66.7 Å². The molecule has 0 bridgehead atoms. The van der Waals surface area contributed by atoms with Crippen LogP contribution in [0.25, 0.3) is 10.8 Å². The van der Waals surface area contributed by atoms with Crippen molar-refractivity contribution in [3.63, 3.8) is 0 Å². The molecular formula is C18H14F2N2OS. The van der Waals surface area contributed by atoms with Crippen LogP contribution >= 0.6 is 12.2 Å². The Bertz CT molecular complexity index is 853. The number of thiocarbonyl (C=S) groups is 1. The van der Waals surface area contributed by atoms with Gasteiger partial charge in [0.25, 0.3) is 0 Å². The maximum atomic E-state index is 12.1. The van der Waals surface area contributed by atoms with Gasteiger partial charge in [0.2, 0.25) is 0 Å². The molecule has 0 saturated carbocycles. The zero-order chi connectivity index (χ0) is 16.9. The van der Waals surface area contributed by atoms with Gasteiger partial charge < -0.3 is 15.4 Å². The lowest BCUT2D eigenvalue weighted by Crippen LogP contribution is -2.18. The number of nitrogens with one attached hydrogen (secondary N) is 2. The normalized spacial score (nSPS) is 10.6. The fraction of sp³-hybridized carbons (Fsp3) is 0.0556. The summed E-state index contributed by atoms with van der Waals surface area (Å²) < 4.78 is 28.5. The van der Waals surface area contributed by atoms with E-state index < -0.39 is 6.61 Å². The molecule has 0 radical (unpaired) electrons. The van der Waals surface area contributed by atoms with Gasteiger partial charge in [-0.05, 0) is 59.4 Å². The van der Waals surface area contributed by atoms with Crippen molar-refractivity contribution >= 4 is 39.5 Å². The van der Waals surface area contributed by atoms with Crippen LogP contribution in [-0.4, -0.2) is 11.7 Å². The molecule has 0 aromatic heterocycles. The Kier molecular flexibility index (Phi) is 4.86. The predicted octanol–water partition coefficient (Wildman–Crippen LogP) is 5.25. The number of halogens is 2. The third kappa shape index (κ3) is 4.17. The van der Waals surface area contributed by atoms with E-state index >= 15 is 0 Å². The summed E-state index contributed by atoms with van der Waals surface area (Å²) in [6.07, 6.45) is 0. The average Bonchev–Trinajstić information content (AvgIpc) is 2.56. The van der Waals surface area contributed by atoms with Crippen molar-refractivity contribution in [2.24, 2.45) is 0 Å². The third-order valence-corrected chi connectivity index (χ3v) is 3.55. The molecule has 0 amide bonds. The summed E-state index contributed by atoms with van der Waals surface area (Å²) in [6, 6.07) is 20.1. The highest BCUT2D eigenvalue weighted by Gasteiger charge is 2.04. The first-order chi connectivity index (χ1) is 11.6. The van der Waals surface area contributed by atoms with E-state index in [4.69, 9.17) is 12.2 Å². The first-order valence-corrected chi connectivity index (χ1v) is 7.63. The fourth-order valence-electron chi connectivity index (χ4n) is 2.28. The molecule has 6 heteroatoms. The standard InChI is InChI=1S/C18H14F2N2OS/c19-17(20)23-16-9-7-14(8-10-16)21-18(24)22-15-6-5-12-3-1-2-4-13(12)11-15/h1-11,17H,(H2,21,22,24). The first kappa shape index (κ1) is 16.1. The van der Waals surface area contributed by atoms with Crippen LogP contribution in [-0.2, 0) is 0 Å². The van der Waals surface area contributed by atoms with Crippen molar-refractivity contribution in [1.29, 1.82) is 0 Å². The topological polar surface area (TPSA) is 33.3 Å². The molecule has 3 aromatic rings. The Morgan fingerprint density at radius 3 is 2.17 bits per heavy atom. The molecule has 0 fully saturated rings. The highest BCUT2D eigenvalue weighted by atomic mass is 32.1. The molecular weight excluding hydrogens is 330 g/mol. The second-order valence-electron chi connectivity index (χ2n) is 5.04. The smallest absolute Gasteiger partial charge is 0.387 e.